The minimum Gasteiger partial charge on any atom is -0.475 e. The Bertz CT molecular complexity index is 531. The van der Waals surface area contributed by atoms with E-state index in [1.165, 1.54) is 6.33 Å². The van der Waals surface area contributed by atoms with Crippen molar-refractivity contribution in [2.75, 3.05) is 19.0 Å². The Morgan fingerprint density at radius 1 is 1.09 bits per heavy atom. The van der Waals surface area contributed by atoms with Crippen molar-refractivity contribution in [3.05, 3.63) is 6.33 Å². The molecule has 22 heavy (non-hydrogen) atoms. The van der Waals surface area contributed by atoms with Crippen LogP contribution >= 0.6 is 0 Å². The fraction of sp³-hybridized carbons (Fsp3) is 0.733. The second-order valence-electron chi connectivity index (χ2n) is 7.07. The van der Waals surface area contributed by atoms with Gasteiger partial charge in [0.1, 0.15) is 12.1 Å². The van der Waals surface area contributed by atoms with Crippen molar-refractivity contribution >= 4 is 18.4 Å². The maximum atomic E-state index is 6.15. The number of hydrogen-bond acceptors (Lipinski definition) is 6. The van der Waals surface area contributed by atoms with Crippen molar-refractivity contribution < 1.29 is 14.0 Å². The van der Waals surface area contributed by atoms with E-state index in [0.717, 1.165) is 11.3 Å². The van der Waals surface area contributed by atoms with Crippen LogP contribution in [0.15, 0.2) is 6.33 Å². The van der Waals surface area contributed by atoms with E-state index in [4.69, 9.17) is 14.0 Å². The van der Waals surface area contributed by atoms with Gasteiger partial charge in [0.15, 0.2) is 0 Å². The maximum Gasteiger partial charge on any atom is 0.504 e. The number of aromatic nitrogens is 2. The summed E-state index contributed by atoms with van der Waals surface area (Å²) >= 11 is 0. The van der Waals surface area contributed by atoms with Gasteiger partial charge in [0.05, 0.1) is 22.8 Å². The highest BCUT2D eigenvalue weighted by Crippen LogP contribution is 2.37. The molecule has 1 aliphatic heterocycles. The van der Waals surface area contributed by atoms with E-state index < -0.39 is 18.3 Å². The molecule has 122 valence electrons. The maximum absolute atomic E-state index is 6.15. The largest absolute Gasteiger partial charge is 0.504 e. The fourth-order valence-electron chi connectivity index (χ4n) is 2.21. The van der Waals surface area contributed by atoms with Crippen molar-refractivity contribution in [3.8, 4) is 5.88 Å². The van der Waals surface area contributed by atoms with Crippen LogP contribution in [0.1, 0.15) is 41.5 Å². The van der Waals surface area contributed by atoms with Crippen molar-refractivity contribution in [1.29, 1.82) is 0 Å². The molecule has 7 heteroatoms. The zero-order valence-electron chi connectivity index (χ0n) is 14.8. The summed E-state index contributed by atoms with van der Waals surface area (Å²) < 4.78 is 18.2. The highest BCUT2D eigenvalue weighted by atomic mass is 16.7. The lowest BCUT2D eigenvalue weighted by Gasteiger charge is -2.32. The molecule has 2 rings (SSSR count). The molecule has 0 spiro atoms. The van der Waals surface area contributed by atoms with Crippen molar-refractivity contribution in [2.45, 2.75) is 58.8 Å². The van der Waals surface area contributed by atoms with E-state index in [0.29, 0.717) is 5.88 Å². The zero-order chi connectivity index (χ0) is 16.7. The lowest BCUT2D eigenvalue weighted by atomic mass is 9.79. The average molecular weight is 307 g/mol. The molecule has 1 fully saturated rings. The topological polar surface area (TPSA) is 56.7 Å². The molecule has 0 N–H and O–H groups in total. The first-order valence-electron chi connectivity index (χ1n) is 7.59. The van der Waals surface area contributed by atoms with Gasteiger partial charge in [-0.2, -0.15) is 0 Å². The van der Waals surface area contributed by atoms with Crippen LogP contribution < -0.4 is 15.1 Å². The highest BCUT2D eigenvalue weighted by Gasteiger charge is 2.53. The summed E-state index contributed by atoms with van der Waals surface area (Å²) in [4.78, 5) is 10.6. The third-order valence-corrected chi connectivity index (χ3v) is 4.09. The summed E-state index contributed by atoms with van der Waals surface area (Å²) in [5.74, 6) is 1.25. The normalized spacial score (nSPS) is 19.6. The molecule has 0 radical (unpaired) electrons. The monoisotopic (exact) mass is 307 g/mol. The lowest BCUT2D eigenvalue weighted by molar-refractivity contribution is 0.00578. The van der Waals surface area contributed by atoms with Crippen LogP contribution in [0.2, 0.25) is 0 Å². The van der Waals surface area contributed by atoms with Gasteiger partial charge in [0.2, 0.25) is 5.88 Å². The third kappa shape index (κ3) is 3.05. The first kappa shape index (κ1) is 17.0. The van der Waals surface area contributed by atoms with Gasteiger partial charge in [-0.1, -0.05) is 0 Å². The molecule has 0 aromatic carbocycles. The Morgan fingerprint density at radius 2 is 1.64 bits per heavy atom. The van der Waals surface area contributed by atoms with E-state index in [9.17, 15) is 0 Å². The fourth-order valence-corrected chi connectivity index (χ4v) is 2.21. The summed E-state index contributed by atoms with van der Waals surface area (Å²) in [5, 5.41) is 0. The quantitative estimate of drug-likeness (QED) is 0.788. The summed E-state index contributed by atoms with van der Waals surface area (Å²) in [7, 11) is 3.30. The molecule has 1 aromatic heterocycles. The number of rotatable bonds is 4. The van der Waals surface area contributed by atoms with Crippen molar-refractivity contribution in [2.24, 2.45) is 0 Å². The molecule has 0 amide bonds. The Balaban J connectivity index is 2.49. The first-order chi connectivity index (χ1) is 10.0. The predicted molar refractivity (Wildman–Crippen MR) is 87.8 cm³/mol. The van der Waals surface area contributed by atoms with Crippen LogP contribution in [0.25, 0.3) is 0 Å². The minimum absolute atomic E-state index is 0.00563. The van der Waals surface area contributed by atoms with Crippen LogP contribution in [0, 0.1) is 0 Å². The van der Waals surface area contributed by atoms with Gasteiger partial charge in [-0.05, 0) is 41.5 Å². The van der Waals surface area contributed by atoms with Crippen LogP contribution in [-0.4, -0.2) is 48.5 Å². The molecule has 0 unspecified atom stereocenters. The van der Waals surface area contributed by atoms with Gasteiger partial charge in [-0.15, -0.1) is 0 Å². The Kier molecular flexibility index (Phi) is 4.41. The molecule has 1 aliphatic rings. The second-order valence-corrected chi connectivity index (χ2v) is 7.07. The Morgan fingerprint density at radius 3 is 2.09 bits per heavy atom. The van der Waals surface area contributed by atoms with Gasteiger partial charge in [0, 0.05) is 14.1 Å². The van der Waals surface area contributed by atoms with E-state index in [1.54, 1.807) is 0 Å². The second kappa shape index (κ2) is 5.70. The van der Waals surface area contributed by atoms with Crippen LogP contribution in [-0.2, 0) is 9.31 Å². The molecule has 6 nitrogen and oxygen atoms in total. The molecule has 0 saturated carbocycles. The molecule has 1 aromatic rings. The number of ether oxygens (including phenoxy) is 1. The van der Waals surface area contributed by atoms with Crippen LogP contribution in [0.4, 0.5) is 5.82 Å². The van der Waals surface area contributed by atoms with Gasteiger partial charge >= 0.3 is 7.12 Å². The van der Waals surface area contributed by atoms with Gasteiger partial charge in [-0.25, -0.2) is 9.97 Å². The van der Waals surface area contributed by atoms with E-state index in [-0.39, 0.29) is 6.10 Å². The van der Waals surface area contributed by atoms with Crippen molar-refractivity contribution in [3.63, 3.8) is 0 Å². The molecule has 0 bridgehead atoms. The van der Waals surface area contributed by atoms with Gasteiger partial charge in [0.25, 0.3) is 0 Å². The molecular formula is C15H26BN3O3. The first-order valence-corrected chi connectivity index (χ1v) is 7.59. The minimum atomic E-state index is -0.558. The molecule has 2 heterocycles. The summed E-state index contributed by atoms with van der Waals surface area (Å²) in [6.07, 6.45) is 1.51. The standard InChI is InChI=1S/C15H26BN3O3/c1-10(2)20-13-11(12(19(7)8)17-9-18-13)16-21-14(3,4)15(5,6)22-16/h9-10H,1-8H3. The molecular weight excluding hydrogens is 281 g/mol. The summed E-state index contributed by atoms with van der Waals surface area (Å²) in [5.41, 5.74) is -0.113. The zero-order valence-corrected chi connectivity index (χ0v) is 14.8. The van der Waals surface area contributed by atoms with Crippen LogP contribution in [0.3, 0.4) is 0 Å². The predicted octanol–water partition coefficient (Wildman–Crippen LogP) is 1.63. The SMILES string of the molecule is CC(C)Oc1ncnc(N(C)C)c1B1OC(C)(C)C(C)(C)O1. The van der Waals surface area contributed by atoms with E-state index in [1.807, 2.05) is 60.5 Å². The van der Waals surface area contributed by atoms with E-state index >= 15 is 0 Å². The van der Waals surface area contributed by atoms with Crippen LogP contribution in [0.5, 0.6) is 5.88 Å². The van der Waals surface area contributed by atoms with Crippen molar-refractivity contribution in [1.82, 2.24) is 9.97 Å². The molecule has 1 saturated heterocycles. The lowest BCUT2D eigenvalue weighted by Crippen LogP contribution is -2.41. The number of nitrogens with zero attached hydrogens (tertiary/aromatic N) is 3. The Labute approximate surface area is 133 Å². The summed E-state index contributed by atoms with van der Waals surface area (Å²) in [6, 6.07) is 0. The highest BCUT2D eigenvalue weighted by molar-refractivity contribution is 6.64. The molecule has 0 aliphatic carbocycles. The Hall–Kier alpha value is -1.34. The smallest absolute Gasteiger partial charge is 0.475 e. The summed E-state index contributed by atoms with van der Waals surface area (Å²) in [6.45, 7) is 12.0. The number of anilines is 1. The van der Waals surface area contributed by atoms with E-state index in [2.05, 4.69) is 9.97 Å². The third-order valence-electron chi connectivity index (χ3n) is 4.09. The average Bonchev–Trinajstić information content (AvgIpc) is 2.56. The van der Waals surface area contributed by atoms with Gasteiger partial charge < -0.3 is 18.9 Å². The molecule has 0 atom stereocenters. The number of hydrogen-bond donors (Lipinski definition) is 0. The van der Waals surface area contributed by atoms with Gasteiger partial charge in [-0.3, -0.25) is 0 Å².